The van der Waals surface area contributed by atoms with Crippen molar-refractivity contribution in [1.82, 2.24) is 5.43 Å². The maximum absolute atomic E-state index is 12.8. The number of carbonyl (C=O) groups excluding carboxylic acids is 1. The minimum atomic E-state index is -4.48. The smallest absolute Gasteiger partial charge is 0.298 e. The molecule has 0 unspecified atom stereocenters. The van der Waals surface area contributed by atoms with E-state index in [1.807, 2.05) is 13.8 Å². The molecule has 118 valence electrons. The second-order valence-electron chi connectivity index (χ2n) is 4.69. The topological polar surface area (TPSA) is 41.1 Å². The maximum Gasteiger partial charge on any atom is 0.418 e. The summed E-state index contributed by atoms with van der Waals surface area (Å²) in [5, 5.41) is 0. The molecule has 0 aliphatic heterocycles. The summed E-state index contributed by atoms with van der Waals surface area (Å²) >= 11 is 1.34. The second-order valence-corrected chi connectivity index (χ2v) is 5.83. The highest BCUT2D eigenvalue weighted by Crippen LogP contribution is 2.34. The summed E-state index contributed by atoms with van der Waals surface area (Å²) in [6.45, 7) is 3.89. The number of anilines is 1. The number of amides is 1. The number of nitrogens with one attached hydrogen (secondary N) is 2. The lowest BCUT2D eigenvalue weighted by Gasteiger charge is -2.14. The van der Waals surface area contributed by atoms with E-state index in [2.05, 4.69) is 10.9 Å². The number of carbonyl (C=O) groups is 1. The molecule has 2 N–H and O–H groups in total. The van der Waals surface area contributed by atoms with E-state index in [1.54, 1.807) is 6.07 Å². The fourth-order valence-corrected chi connectivity index (χ4v) is 3.02. The number of benzene rings is 1. The van der Waals surface area contributed by atoms with Gasteiger partial charge in [0.25, 0.3) is 5.91 Å². The number of hydrogen-bond acceptors (Lipinski definition) is 3. The first kappa shape index (κ1) is 16.4. The predicted molar refractivity (Wildman–Crippen MR) is 81.0 cm³/mol. The molecule has 0 aliphatic rings. The predicted octanol–water partition coefficient (Wildman–Crippen LogP) is 4.39. The lowest BCUT2D eigenvalue weighted by Crippen LogP contribution is -2.29. The van der Waals surface area contributed by atoms with Gasteiger partial charge in [0, 0.05) is 4.88 Å². The highest BCUT2D eigenvalue weighted by Gasteiger charge is 2.33. The zero-order chi connectivity index (χ0) is 16.3. The molecule has 2 rings (SSSR count). The van der Waals surface area contributed by atoms with Gasteiger partial charge in [-0.3, -0.25) is 15.6 Å². The van der Waals surface area contributed by atoms with Gasteiger partial charge in [-0.15, -0.1) is 11.3 Å². The van der Waals surface area contributed by atoms with Crippen LogP contribution in [0.4, 0.5) is 18.9 Å². The van der Waals surface area contributed by atoms with Crippen LogP contribution in [0.15, 0.2) is 30.3 Å². The Balaban J connectivity index is 2.11. The molecule has 7 heteroatoms. The van der Waals surface area contributed by atoms with Crippen LogP contribution in [0.1, 0.15) is 32.6 Å². The Morgan fingerprint density at radius 2 is 1.95 bits per heavy atom. The number of hydrazine groups is 1. The molecule has 0 bridgehead atoms. The molecule has 0 atom stereocenters. The van der Waals surface area contributed by atoms with Crippen molar-refractivity contribution in [2.24, 2.45) is 0 Å². The van der Waals surface area contributed by atoms with Crippen LogP contribution in [-0.2, 0) is 12.6 Å². The Kier molecular flexibility index (Phi) is 4.75. The number of rotatable bonds is 4. The molecule has 1 aromatic carbocycles. The normalized spacial score (nSPS) is 11.3. The Morgan fingerprint density at radius 3 is 2.55 bits per heavy atom. The summed E-state index contributed by atoms with van der Waals surface area (Å²) in [5.41, 5.74) is 4.66. The molecule has 0 saturated heterocycles. The highest BCUT2D eigenvalue weighted by atomic mass is 32.1. The number of hydrogen-bond donors (Lipinski definition) is 2. The Hall–Kier alpha value is -2.02. The summed E-state index contributed by atoms with van der Waals surface area (Å²) < 4.78 is 38.5. The third-order valence-corrected chi connectivity index (χ3v) is 4.49. The molecule has 0 aliphatic carbocycles. The molecule has 0 radical (unpaired) electrons. The van der Waals surface area contributed by atoms with Crippen molar-refractivity contribution in [1.29, 1.82) is 0 Å². The molecule has 1 amide bonds. The van der Waals surface area contributed by atoms with E-state index in [-0.39, 0.29) is 5.69 Å². The van der Waals surface area contributed by atoms with E-state index in [0.717, 1.165) is 22.9 Å². The van der Waals surface area contributed by atoms with Crippen molar-refractivity contribution in [2.75, 3.05) is 5.43 Å². The summed E-state index contributed by atoms with van der Waals surface area (Å²) in [5.74, 6) is -0.454. The Morgan fingerprint density at radius 1 is 1.27 bits per heavy atom. The minimum Gasteiger partial charge on any atom is -0.298 e. The number of thiophene rings is 1. The molecule has 0 spiro atoms. The molecule has 0 fully saturated rings. The van der Waals surface area contributed by atoms with Gasteiger partial charge in [0.1, 0.15) is 0 Å². The van der Waals surface area contributed by atoms with Crippen molar-refractivity contribution in [3.8, 4) is 0 Å². The van der Waals surface area contributed by atoms with E-state index in [0.29, 0.717) is 4.88 Å². The van der Waals surface area contributed by atoms with Gasteiger partial charge >= 0.3 is 6.18 Å². The Bertz CT molecular complexity index is 680. The summed E-state index contributed by atoms with van der Waals surface area (Å²) in [6.07, 6.45) is -3.67. The van der Waals surface area contributed by atoms with Gasteiger partial charge in [-0.05, 0) is 37.1 Å². The van der Waals surface area contributed by atoms with E-state index >= 15 is 0 Å². The monoisotopic (exact) mass is 328 g/mol. The first-order chi connectivity index (χ1) is 10.3. The van der Waals surface area contributed by atoms with Gasteiger partial charge in [0.2, 0.25) is 0 Å². The van der Waals surface area contributed by atoms with Crippen molar-refractivity contribution in [3.05, 3.63) is 51.2 Å². The zero-order valence-corrected chi connectivity index (χ0v) is 12.9. The summed E-state index contributed by atoms with van der Waals surface area (Å²) in [4.78, 5) is 13.6. The van der Waals surface area contributed by atoms with Gasteiger partial charge in [0.15, 0.2) is 0 Å². The third kappa shape index (κ3) is 3.59. The number of alkyl halides is 3. The van der Waals surface area contributed by atoms with Gasteiger partial charge < -0.3 is 0 Å². The molecular formula is C15H15F3N2OS. The fraction of sp³-hybridized carbons (Fsp3) is 0.267. The fourth-order valence-electron chi connectivity index (χ4n) is 2.01. The molecule has 22 heavy (non-hydrogen) atoms. The van der Waals surface area contributed by atoms with Gasteiger partial charge in [0.05, 0.1) is 16.1 Å². The molecule has 2 aromatic rings. The van der Waals surface area contributed by atoms with E-state index in [1.165, 1.54) is 29.5 Å². The van der Waals surface area contributed by atoms with Crippen LogP contribution in [0.3, 0.4) is 0 Å². The largest absolute Gasteiger partial charge is 0.418 e. The van der Waals surface area contributed by atoms with Crippen LogP contribution in [0.2, 0.25) is 0 Å². The maximum atomic E-state index is 12.8. The summed E-state index contributed by atoms with van der Waals surface area (Å²) in [7, 11) is 0. The third-order valence-electron chi connectivity index (χ3n) is 3.11. The number of halogens is 3. The van der Waals surface area contributed by atoms with Gasteiger partial charge in [-0.25, -0.2) is 0 Å². The molecular weight excluding hydrogens is 313 g/mol. The van der Waals surface area contributed by atoms with Crippen molar-refractivity contribution < 1.29 is 18.0 Å². The molecule has 3 nitrogen and oxygen atoms in total. The molecule has 1 aromatic heterocycles. The van der Waals surface area contributed by atoms with Crippen LogP contribution >= 0.6 is 11.3 Å². The highest BCUT2D eigenvalue weighted by molar-refractivity contribution is 7.14. The lowest BCUT2D eigenvalue weighted by molar-refractivity contribution is -0.137. The van der Waals surface area contributed by atoms with Gasteiger partial charge in [-0.1, -0.05) is 19.1 Å². The van der Waals surface area contributed by atoms with Crippen molar-refractivity contribution in [3.63, 3.8) is 0 Å². The minimum absolute atomic E-state index is 0.188. The SMILES string of the molecule is CCc1sc(C(=O)NNc2ccccc2C(F)(F)F)cc1C. The number of aryl methyl sites for hydroxylation is 2. The molecule has 0 saturated carbocycles. The first-order valence-corrected chi connectivity index (χ1v) is 7.46. The second kappa shape index (κ2) is 6.39. The van der Waals surface area contributed by atoms with Crippen molar-refractivity contribution >= 4 is 22.9 Å². The lowest BCUT2D eigenvalue weighted by atomic mass is 10.2. The van der Waals surface area contributed by atoms with Gasteiger partial charge in [-0.2, -0.15) is 13.2 Å². The quantitative estimate of drug-likeness (QED) is 0.817. The van der Waals surface area contributed by atoms with Crippen LogP contribution in [0, 0.1) is 6.92 Å². The van der Waals surface area contributed by atoms with Crippen LogP contribution in [0.5, 0.6) is 0 Å². The van der Waals surface area contributed by atoms with Crippen LogP contribution in [0.25, 0.3) is 0 Å². The average Bonchev–Trinajstić information content (AvgIpc) is 2.85. The van der Waals surface area contributed by atoms with Crippen LogP contribution in [-0.4, -0.2) is 5.91 Å². The molecule has 1 heterocycles. The average molecular weight is 328 g/mol. The van der Waals surface area contributed by atoms with Crippen LogP contribution < -0.4 is 10.9 Å². The zero-order valence-electron chi connectivity index (χ0n) is 12.0. The van der Waals surface area contributed by atoms with E-state index in [9.17, 15) is 18.0 Å². The van der Waals surface area contributed by atoms with Crippen molar-refractivity contribution in [2.45, 2.75) is 26.4 Å². The first-order valence-electron chi connectivity index (χ1n) is 6.64. The standard InChI is InChI=1S/C15H15F3N2OS/c1-3-12-9(2)8-13(22-12)14(21)20-19-11-7-5-4-6-10(11)15(16,17)18/h4-8,19H,3H2,1-2H3,(H,20,21). The summed E-state index contributed by atoms with van der Waals surface area (Å²) in [6, 6.07) is 6.72. The van der Waals surface area contributed by atoms with E-state index in [4.69, 9.17) is 0 Å². The van der Waals surface area contributed by atoms with E-state index < -0.39 is 17.6 Å². The number of para-hydroxylation sites is 1. The Labute approximate surface area is 130 Å².